The minimum Gasteiger partial charge on any atom is -0.357 e. The molecule has 2 saturated heterocycles. The summed E-state index contributed by atoms with van der Waals surface area (Å²) in [4.78, 5) is 16.9. The first kappa shape index (κ1) is 11.0. The van der Waals surface area contributed by atoms with Crippen molar-refractivity contribution in [3.63, 3.8) is 0 Å². The van der Waals surface area contributed by atoms with Crippen LogP contribution in [-0.4, -0.2) is 77.7 Å². The van der Waals surface area contributed by atoms with Crippen LogP contribution in [0.4, 0.5) is 4.79 Å². The number of fused-ring (bicyclic) bond motifs is 1. The zero-order valence-electron chi connectivity index (χ0n) is 9.20. The molecule has 0 aromatic heterocycles. The summed E-state index contributed by atoms with van der Waals surface area (Å²) in [5.74, 6) is 0. The smallest absolute Gasteiger partial charge is 0.355 e. The first-order chi connectivity index (χ1) is 6.68. The maximum atomic E-state index is 11.3. The molecule has 0 spiro atoms. The number of piperazine rings is 1. The number of piperidine rings is 1. The molecule has 76 valence electrons. The Morgan fingerprint density at radius 3 is 2.79 bits per heavy atom. The van der Waals surface area contributed by atoms with Crippen LogP contribution < -0.4 is 0 Å². The Bertz CT molecular complexity index is 237. The van der Waals surface area contributed by atoms with E-state index in [1.807, 2.05) is 0 Å². The van der Waals surface area contributed by atoms with Crippen LogP contribution in [0.15, 0.2) is 0 Å². The molecule has 0 N–H and O–H groups in total. The number of nitrogens with zero attached hydrogens (tertiary/aromatic N) is 2. The molecule has 2 aliphatic heterocycles. The van der Waals surface area contributed by atoms with E-state index in [1.54, 1.807) is 0 Å². The van der Waals surface area contributed by atoms with Crippen molar-refractivity contribution >= 4 is 37.3 Å². The molecule has 0 unspecified atom stereocenters. The highest BCUT2D eigenvalue weighted by Gasteiger charge is 2.32. The summed E-state index contributed by atoms with van der Waals surface area (Å²) in [6.45, 7) is 3.13. The van der Waals surface area contributed by atoms with Gasteiger partial charge >= 0.3 is 16.3 Å². The fraction of sp³-hybridized carbons (Fsp3) is 0.889. The summed E-state index contributed by atoms with van der Waals surface area (Å²) >= 11 is 1.98. The molecule has 0 aliphatic carbocycles. The summed E-state index contributed by atoms with van der Waals surface area (Å²) in [7, 11) is 0. The largest absolute Gasteiger partial charge is 0.357 e. The molecular weight excluding hydrogens is 206 g/mol. The maximum Gasteiger partial charge on any atom is 0.355 e. The Morgan fingerprint density at radius 2 is 2.07 bits per heavy atom. The fourth-order valence-electron chi connectivity index (χ4n) is 2.81. The van der Waals surface area contributed by atoms with Gasteiger partial charge in [0.25, 0.3) is 0 Å². The number of hydrogen-bond acceptors (Lipinski definition) is 2. The average molecular weight is 224 g/mol. The number of carbonyl (C=O) groups excluding carboxylic acids is 1. The molecule has 3 nitrogen and oxygen atoms in total. The molecule has 2 fully saturated rings. The first-order valence-electron chi connectivity index (χ1n) is 5.69. The average Bonchev–Trinajstić information content (AvgIpc) is 2.17. The molecule has 0 radical (unpaired) electrons. The Hall–Kier alpha value is 0.495. The van der Waals surface area contributed by atoms with Crippen molar-refractivity contribution in [1.29, 1.82) is 0 Å². The zero-order valence-corrected chi connectivity index (χ0v) is 13.2. The second-order valence-corrected chi connectivity index (χ2v) is 6.82. The van der Waals surface area contributed by atoms with Crippen LogP contribution in [0, 0.1) is 0 Å². The van der Waals surface area contributed by atoms with Crippen molar-refractivity contribution in [2.45, 2.75) is 30.2 Å². The lowest BCUT2D eigenvalue weighted by atomic mass is 9.99. The van der Waals surface area contributed by atoms with Crippen molar-refractivity contribution in [3.05, 3.63) is 0 Å². The second-order valence-electron chi connectivity index (χ2n) is 4.64. The minimum atomic E-state index is 0.389. The molecule has 5 heteroatoms. The Kier molecular flexibility index (Phi) is 3.58. The molecule has 0 aromatic carbocycles. The second kappa shape index (κ2) is 4.56. The van der Waals surface area contributed by atoms with E-state index in [0.29, 0.717) is 27.1 Å². The molecule has 0 saturated carbocycles. The Labute approximate surface area is 102 Å². The predicted octanol–water partition coefficient (Wildman–Crippen LogP) is -1.13. The van der Waals surface area contributed by atoms with Crippen molar-refractivity contribution in [2.24, 2.45) is 0 Å². The Morgan fingerprint density at radius 1 is 1.29 bits per heavy atom. The van der Waals surface area contributed by atoms with E-state index in [-0.39, 0.29) is 0 Å². The zero-order chi connectivity index (χ0) is 10.1. The van der Waals surface area contributed by atoms with Gasteiger partial charge in [0.2, 0.25) is 16.3 Å². The third kappa shape index (κ3) is 2.18. The Balaban J connectivity index is 1.99. The molecule has 2 aliphatic rings. The lowest BCUT2D eigenvalue weighted by molar-refractivity contribution is 0.0556. The molecule has 0 bridgehead atoms. The van der Waals surface area contributed by atoms with Gasteiger partial charge in [-0.15, -0.1) is 0 Å². The van der Waals surface area contributed by atoms with Gasteiger partial charge in [0.15, 0.2) is 0 Å². The number of carbonyl (C=O) groups is 1. The summed E-state index contributed by atoms with van der Waals surface area (Å²) in [6.07, 6.45) is 4.08. The minimum absolute atomic E-state index is 0.389. The highest BCUT2D eigenvalue weighted by Crippen LogP contribution is 2.24. The highest BCUT2D eigenvalue weighted by atomic mass is 27.1. The predicted molar refractivity (Wildman–Crippen MR) is 62.2 cm³/mol. The van der Waals surface area contributed by atoms with Crippen molar-refractivity contribution in [2.75, 3.05) is 19.6 Å². The van der Waals surface area contributed by atoms with Crippen molar-refractivity contribution < 1.29 is 4.79 Å². The summed E-state index contributed by atoms with van der Waals surface area (Å²) in [6, 6.07) is 0.692. The third-order valence-electron chi connectivity index (χ3n) is 3.70. The van der Waals surface area contributed by atoms with Gasteiger partial charge in [-0.1, -0.05) is 12.8 Å². The standard InChI is InChI=1S/C9H14N2O.2Al.4H/c12-8-10-5-6-11-4-2-1-3-9(11)7-10;;;;;;/h4,9H,1-3,5-7H2;;;;;;/t9-;;;;;;/m0....../s1. The summed E-state index contributed by atoms with van der Waals surface area (Å²) in [5, 5.41) is 0. The highest BCUT2D eigenvalue weighted by molar-refractivity contribution is 6.56. The van der Waals surface area contributed by atoms with Gasteiger partial charge in [0.1, 0.15) is 4.77 Å². The maximum absolute atomic E-state index is 11.3. The lowest BCUT2D eigenvalue weighted by Crippen LogP contribution is -2.59. The van der Waals surface area contributed by atoms with E-state index in [9.17, 15) is 4.79 Å². The van der Waals surface area contributed by atoms with Crippen LogP contribution in [0.25, 0.3) is 0 Å². The molecule has 2 heterocycles. The van der Waals surface area contributed by atoms with Gasteiger partial charge in [-0.2, -0.15) is 0 Å². The lowest BCUT2D eigenvalue weighted by Gasteiger charge is -2.48. The van der Waals surface area contributed by atoms with E-state index < -0.39 is 0 Å². The van der Waals surface area contributed by atoms with Gasteiger partial charge in [0.05, 0.1) is 0 Å². The number of hydrogen-bond donors (Lipinski definition) is 0. The fourth-order valence-corrected chi connectivity index (χ4v) is 4.30. The van der Waals surface area contributed by atoms with E-state index in [1.165, 1.54) is 35.6 Å². The van der Waals surface area contributed by atoms with Crippen molar-refractivity contribution in [3.8, 4) is 0 Å². The van der Waals surface area contributed by atoms with Gasteiger partial charge in [-0.05, 0) is 11.3 Å². The van der Waals surface area contributed by atoms with E-state index in [0.717, 1.165) is 24.5 Å². The van der Waals surface area contributed by atoms with Crippen LogP contribution in [0.3, 0.4) is 0 Å². The van der Waals surface area contributed by atoms with E-state index in [4.69, 9.17) is 0 Å². The van der Waals surface area contributed by atoms with Crippen LogP contribution >= 0.6 is 0 Å². The number of rotatable bonds is 0. The van der Waals surface area contributed by atoms with Crippen LogP contribution in [0.5, 0.6) is 0 Å². The van der Waals surface area contributed by atoms with Gasteiger partial charge in [-0.3, -0.25) is 4.79 Å². The number of amides is 1. The van der Waals surface area contributed by atoms with Gasteiger partial charge in [0, 0.05) is 25.7 Å². The summed E-state index contributed by atoms with van der Waals surface area (Å²) in [5.41, 5.74) is 0. The SMILES string of the molecule is O=[C]([AlH2])N1CCN2[C@@H](CCC[C@@H]2[AlH2])C1. The molecule has 1 amide bonds. The van der Waals surface area contributed by atoms with E-state index in [2.05, 4.69) is 9.80 Å². The molecule has 0 aromatic rings. The van der Waals surface area contributed by atoms with Crippen LogP contribution in [0.1, 0.15) is 19.3 Å². The molecule has 2 atom stereocenters. The first-order valence-corrected chi connectivity index (χ1v) is 7.85. The molecule has 14 heavy (non-hydrogen) atoms. The van der Waals surface area contributed by atoms with Gasteiger partial charge < -0.3 is 9.80 Å². The third-order valence-corrected chi connectivity index (χ3v) is 5.57. The van der Waals surface area contributed by atoms with E-state index >= 15 is 0 Å². The van der Waals surface area contributed by atoms with Crippen LogP contribution in [-0.2, 0) is 0 Å². The van der Waals surface area contributed by atoms with Crippen molar-refractivity contribution in [1.82, 2.24) is 9.80 Å². The normalized spacial score (nSPS) is 33.9. The summed E-state index contributed by atoms with van der Waals surface area (Å²) < 4.78 is 0.389. The van der Waals surface area contributed by atoms with Crippen LogP contribution in [0.2, 0.25) is 0 Å². The quantitative estimate of drug-likeness (QED) is 0.486. The topological polar surface area (TPSA) is 23.6 Å². The van der Waals surface area contributed by atoms with Gasteiger partial charge in [-0.25, -0.2) is 0 Å². The molecular formula is C9H18Al2N2O. The monoisotopic (exact) mass is 224 g/mol. The molecule has 2 rings (SSSR count).